The van der Waals surface area contributed by atoms with Crippen molar-refractivity contribution in [2.45, 2.75) is 103 Å². The minimum Gasteiger partial charge on any atom is -0.460 e. The Hall–Kier alpha value is -0.870. The quantitative estimate of drug-likeness (QED) is 0.231. The molecule has 0 aromatic heterocycles. The van der Waals surface area contributed by atoms with Gasteiger partial charge < -0.3 is 14.9 Å². The molecule has 0 fully saturated rings. The van der Waals surface area contributed by atoms with Crippen molar-refractivity contribution in [3.05, 3.63) is 12.7 Å². The lowest BCUT2D eigenvalue weighted by atomic mass is 10.0. The maximum absolute atomic E-state index is 11.5. The molecule has 0 spiro atoms. The molecule has 0 aliphatic carbocycles. The average molecular weight is 343 g/mol. The predicted octanol–water partition coefficient (Wildman–Crippen LogP) is 4.53. The molecule has 142 valence electrons. The number of rotatable bonds is 17. The van der Waals surface area contributed by atoms with Gasteiger partial charge in [0.1, 0.15) is 6.10 Å². The van der Waals surface area contributed by atoms with E-state index < -0.39 is 0 Å². The van der Waals surface area contributed by atoms with E-state index in [1.165, 1.54) is 0 Å². The second kappa shape index (κ2) is 17.0. The second-order valence-electron chi connectivity index (χ2n) is 6.59. The largest absolute Gasteiger partial charge is 0.460 e. The lowest BCUT2D eigenvalue weighted by Gasteiger charge is -2.13. The van der Waals surface area contributed by atoms with Gasteiger partial charge in [0.25, 0.3) is 0 Å². The van der Waals surface area contributed by atoms with Gasteiger partial charge in [-0.2, -0.15) is 0 Å². The molecule has 4 nitrogen and oxygen atoms in total. The molecule has 24 heavy (non-hydrogen) atoms. The van der Waals surface area contributed by atoms with Crippen molar-refractivity contribution >= 4 is 5.97 Å². The van der Waals surface area contributed by atoms with Gasteiger partial charge in [0.2, 0.25) is 0 Å². The lowest BCUT2D eigenvalue weighted by Crippen LogP contribution is -2.20. The molecule has 4 heteroatoms. The summed E-state index contributed by atoms with van der Waals surface area (Å²) >= 11 is 0. The standard InChI is InChI=1S/C20H38O4/c1-3-5-6-11-14-18(22)15-12-9-7-8-10-13-16-20(23)24-19(4-2)17-21/h3,18-19,21-22H,1,4-17H2,2H3. The number of aliphatic hydroxyl groups excluding tert-OH is 2. The zero-order valence-corrected chi connectivity index (χ0v) is 15.5. The van der Waals surface area contributed by atoms with E-state index in [1.807, 2.05) is 13.0 Å². The fraction of sp³-hybridized carbons (Fsp3) is 0.850. The van der Waals surface area contributed by atoms with Crippen LogP contribution in [0.3, 0.4) is 0 Å². The molecule has 0 amide bonds. The van der Waals surface area contributed by atoms with E-state index in [9.17, 15) is 9.90 Å². The van der Waals surface area contributed by atoms with E-state index in [0.29, 0.717) is 12.8 Å². The first kappa shape index (κ1) is 23.1. The van der Waals surface area contributed by atoms with Crippen molar-refractivity contribution in [3.63, 3.8) is 0 Å². The molecule has 0 saturated carbocycles. The third-order valence-corrected chi connectivity index (χ3v) is 4.32. The smallest absolute Gasteiger partial charge is 0.306 e. The number of hydrogen-bond donors (Lipinski definition) is 2. The van der Waals surface area contributed by atoms with Crippen LogP contribution < -0.4 is 0 Å². The summed E-state index contributed by atoms with van der Waals surface area (Å²) < 4.78 is 5.15. The van der Waals surface area contributed by atoms with E-state index in [-0.39, 0.29) is 24.8 Å². The van der Waals surface area contributed by atoms with Gasteiger partial charge in [-0.05, 0) is 38.5 Å². The molecule has 0 aromatic carbocycles. The average Bonchev–Trinajstić information content (AvgIpc) is 2.58. The molecule has 0 rings (SSSR count). The Morgan fingerprint density at radius 2 is 1.62 bits per heavy atom. The Balaban J connectivity index is 3.35. The molecule has 0 aliphatic rings. The molecule has 0 aliphatic heterocycles. The van der Waals surface area contributed by atoms with E-state index in [4.69, 9.17) is 9.84 Å². The molecule has 2 unspecified atom stereocenters. The summed E-state index contributed by atoms with van der Waals surface area (Å²) in [5, 5.41) is 18.8. The molecule has 0 saturated heterocycles. The molecule has 0 radical (unpaired) electrons. The van der Waals surface area contributed by atoms with Crippen molar-refractivity contribution in [3.8, 4) is 0 Å². The molecular weight excluding hydrogens is 304 g/mol. The Kier molecular flexibility index (Phi) is 16.4. The first-order valence-corrected chi connectivity index (χ1v) is 9.73. The zero-order chi connectivity index (χ0) is 18.0. The van der Waals surface area contributed by atoms with Crippen molar-refractivity contribution in [2.75, 3.05) is 6.61 Å². The van der Waals surface area contributed by atoms with Crippen LogP contribution in [0.4, 0.5) is 0 Å². The number of ether oxygens (including phenoxy) is 1. The number of aliphatic hydroxyl groups is 2. The van der Waals surface area contributed by atoms with Crippen molar-refractivity contribution in [1.82, 2.24) is 0 Å². The maximum atomic E-state index is 11.5. The monoisotopic (exact) mass is 342 g/mol. The third kappa shape index (κ3) is 14.7. The lowest BCUT2D eigenvalue weighted by molar-refractivity contribution is -0.151. The highest BCUT2D eigenvalue weighted by molar-refractivity contribution is 5.69. The molecule has 0 heterocycles. The summed E-state index contributed by atoms with van der Waals surface area (Å²) in [5.74, 6) is -0.199. The zero-order valence-electron chi connectivity index (χ0n) is 15.5. The van der Waals surface area contributed by atoms with E-state index in [2.05, 4.69) is 6.58 Å². The summed E-state index contributed by atoms with van der Waals surface area (Å²) in [5.41, 5.74) is 0. The number of carbonyl (C=O) groups excluding carboxylic acids is 1. The summed E-state index contributed by atoms with van der Waals surface area (Å²) in [6, 6.07) is 0. The number of unbranched alkanes of at least 4 members (excludes halogenated alkanes) is 7. The third-order valence-electron chi connectivity index (χ3n) is 4.32. The molecule has 0 bridgehead atoms. The number of esters is 1. The number of hydrogen-bond acceptors (Lipinski definition) is 4. The van der Waals surface area contributed by atoms with Crippen molar-refractivity contribution in [2.24, 2.45) is 0 Å². The van der Waals surface area contributed by atoms with Gasteiger partial charge in [-0.3, -0.25) is 4.79 Å². The minimum atomic E-state index is -0.347. The highest BCUT2D eigenvalue weighted by Gasteiger charge is 2.10. The van der Waals surface area contributed by atoms with Crippen LogP contribution >= 0.6 is 0 Å². The Morgan fingerprint density at radius 1 is 1.04 bits per heavy atom. The summed E-state index contributed by atoms with van der Waals surface area (Å²) in [4.78, 5) is 11.5. The molecule has 2 atom stereocenters. The Morgan fingerprint density at radius 3 is 2.21 bits per heavy atom. The van der Waals surface area contributed by atoms with Crippen LogP contribution in [0.5, 0.6) is 0 Å². The van der Waals surface area contributed by atoms with Crippen LogP contribution in [0.1, 0.15) is 90.4 Å². The normalized spacial score (nSPS) is 13.5. The number of allylic oxidation sites excluding steroid dienone is 1. The summed E-state index contributed by atoms with van der Waals surface area (Å²) in [7, 11) is 0. The van der Waals surface area contributed by atoms with Gasteiger partial charge in [-0.15, -0.1) is 6.58 Å². The van der Waals surface area contributed by atoms with Gasteiger partial charge in [-0.25, -0.2) is 0 Å². The fourth-order valence-electron chi connectivity index (χ4n) is 2.66. The highest BCUT2D eigenvalue weighted by Crippen LogP contribution is 2.13. The Labute approximate surface area is 148 Å². The highest BCUT2D eigenvalue weighted by atomic mass is 16.5. The molecular formula is C20H38O4. The van der Waals surface area contributed by atoms with Gasteiger partial charge in [0.15, 0.2) is 0 Å². The van der Waals surface area contributed by atoms with Gasteiger partial charge >= 0.3 is 5.97 Å². The van der Waals surface area contributed by atoms with Gasteiger partial charge in [-0.1, -0.05) is 51.5 Å². The maximum Gasteiger partial charge on any atom is 0.306 e. The fourth-order valence-corrected chi connectivity index (χ4v) is 2.66. The molecule has 0 aromatic rings. The van der Waals surface area contributed by atoms with Gasteiger partial charge in [0.05, 0.1) is 12.7 Å². The Bertz CT molecular complexity index is 300. The van der Waals surface area contributed by atoms with Crippen LogP contribution in [0.15, 0.2) is 12.7 Å². The molecule has 2 N–H and O–H groups in total. The summed E-state index contributed by atoms with van der Waals surface area (Å²) in [6.45, 7) is 5.50. The second-order valence-corrected chi connectivity index (χ2v) is 6.59. The van der Waals surface area contributed by atoms with Crippen LogP contribution in [0, 0.1) is 0 Å². The van der Waals surface area contributed by atoms with Crippen LogP contribution in [0.25, 0.3) is 0 Å². The predicted molar refractivity (Wildman–Crippen MR) is 98.9 cm³/mol. The number of carbonyl (C=O) groups is 1. The van der Waals surface area contributed by atoms with E-state index in [0.717, 1.165) is 70.6 Å². The van der Waals surface area contributed by atoms with Crippen LogP contribution in [-0.2, 0) is 9.53 Å². The summed E-state index contributed by atoms with van der Waals surface area (Å²) in [6.07, 6.45) is 14.0. The minimum absolute atomic E-state index is 0.0949. The van der Waals surface area contributed by atoms with Crippen LogP contribution in [0.2, 0.25) is 0 Å². The van der Waals surface area contributed by atoms with Crippen molar-refractivity contribution < 1.29 is 19.7 Å². The van der Waals surface area contributed by atoms with Gasteiger partial charge in [0, 0.05) is 6.42 Å². The first-order valence-electron chi connectivity index (χ1n) is 9.73. The topological polar surface area (TPSA) is 66.8 Å². The van der Waals surface area contributed by atoms with E-state index >= 15 is 0 Å². The van der Waals surface area contributed by atoms with Crippen LogP contribution in [-0.4, -0.2) is 35.0 Å². The van der Waals surface area contributed by atoms with Crippen molar-refractivity contribution in [1.29, 1.82) is 0 Å². The van der Waals surface area contributed by atoms with E-state index in [1.54, 1.807) is 0 Å². The first-order chi connectivity index (χ1) is 11.6. The SMILES string of the molecule is C=CCCCCC(O)CCCCCCCCC(=O)OC(CC)CO.